The first-order valence-electron chi connectivity index (χ1n) is 9.60. The van der Waals surface area contributed by atoms with Crippen LogP contribution in [0.15, 0.2) is 58.2 Å². The lowest BCUT2D eigenvalue weighted by Crippen LogP contribution is -2.49. The predicted octanol–water partition coefficient (Wildman–Crippen LogP) is 2.51. The number of para-hydroxylation sites is 3. The van der Waals surface area contributed by atoms with Gasteiger partial charge in [-0.25, -0.2) is 0 Å². The molecular formula is C21H20N4O5S. The first-order valence-corrected chi connectivity index (χ1v) is 10.6. The van der Waals surface area contributed by atoms with Gasteiger partial charge in [0, 0.05) is 0 Å². The quantitative estimate of drug-likeness (QED) is 0.556. The number of fused-ring (bicyclic) bond motifs is 1. The molecule has 10 heteroatoms. The monoisotopic (exact) mass is 440 g/mol. The molecule has 1 aromatic heterocycles. The van der Waals surface area contributed by atoms with E-state index >= 15 is 0 Å². The molecule has 1 atom stereocenters. The highest BCUT2D eigenvalue weighted by atomic mass is 32.2. The lowest BCUT2D eigenvalue weighted by molar-refractivity contribution is -0.125. The number of anilines is 1. The molecule has 0 aliphatic carbocycles. The molecule has 1 unspecified atom stereocenters. The van der Waals surface area contributed by atoms with Crippen LogP contribution in [-0.4, -0.2) is 47.0 Å². The lowest BCUT2D eigenvalue weighted by atomic mass is 10.2. The molecule has 0 bridgehead atoms. The molecule has 3 aromatic rings. The number of benzene rings is 2. The summed E-state index contributed by atoms with van der Waals surface area (Å²) in [6, 6.07) is 14.4. The lowest BCUT2D eigenvalue weighted by Gasteiger charge is -2.33. The van der Waals surface area contributed by atoms with Crippen LogP contribution in [0.4, 0.5) is 5.69 Å². The highest BCUT2D eigenvalue weighted by Crippen LogP contribution is 2.34. The molecule has 1 aliphatic rings. The van der Waals surface area contributed by atoms with E-state index in [1.807, 2.05) is 31.2 Å². The van der Waals surface area contributed by atoms with Gasteiger partial charge >= 0.3 is 0 Å². The van der Waals surface area contributed by atoms with Crippen LogP contribution in [0.3, 0.4) is 0 Å². The fourth-order valence-electron chi connectivity index (χ4n) is 3.12. The highest BCUT2D eigenvalue weighted by Gasteiger charge is 2.32. The number of nitrogens with zero attached hydrogens (tertiary/aromatic N) is 3. The number of rotatable bonds is 7. The summed E-state index contributed by atoms with van der Waals surface area (Å²) in [4.78, 5) is 26.0. The van der Waals surface area contributed by atoms with Gasteiger partial charge in [-0.15, -0.1) is 10.2 Å². The maximum atomic E-state index is 12.9. The normalized spacial score (nSPS) is 15.1. The van der Waals surface area contributed by atoms with Crippen molar-refractivity contribution in [2.75, 3.05) is 23.8 Å². The second-order valence-corrected chi connectivity index (χ2v) is 7.50. The van der Waals surface area contributed by atoms with Gasteiger partial charge in [-0.2, -0.15) is 0 Å². The largest absolute Gasteiger partial charge is 0.493 e. The van der Waals surface area contributed by atoms with Crippen molar-refractivity contribution in [3.05, 3.63) is 48.5 Å². The van der Waals surface area contributed by atoms with Crippen molar-refractivity contribution in [2.45, 2.75) is 18.3 Å². The van der Waals surface area contributed by atoms with Crippen molar-refractivity contribution < 1.29 is 23.5 Å². The van der Waals surface area contributed by atoms with E-state index in [1.54, 1.807) is 24.3 Å². The number of amides is 2. The van der Waals surface area contributed by atoms with Gasteiger partial charge in [0.25, 0.3) is 17.0 Å². The topological polar surface area (TPSA) is 121 Å². The van der Waals surface area contributed by atoms with E-state index in [-0.39, 0.29) is 23.4 Å². The molecule has 2 heterocycles. The van der Waals surface area contributed by atoms with E-state index in [0.717, 1.165) is 11.8 Å². The fraction of sp³-hybridized carbons (Fsp3) is 0.238. The van der Waals surface area contributed by atoms with Gasteiger partial charge in [0.15, 0.2) is 6.10 Å². The molecule has 0 fully saturated rings. The Balaban J connectivity index is 1.47. The van der Waals surface area contributed by atoms with Gasteiger partial charge in [-0.05, 0) is 31.2 Å². The summed E-state index contributed by atoms with van der Waals surface area (Å²) in [5.74, 6) is 0.557. The van der Waals surface area contributed by atoms with Crippen LogP contribution in [0.1, 0.15) is 6.92 Å². The summed E-state index contributed by atoms with van der Waals surface area (Å²) in [6.45, 7) is 2.45. The molecule has 2 N–H and O–H groups in total. The number of carbonyl (C=O) groups excluding carboxylic acids is 2. The Bertz CT molecular complexity index is 1100. The van der Waals surface area contributed by atoms with Crippen LogP contribution >= 0.6 is 11.8 Å². The molecule has 31 heavy (non-hydrogen) atoms. The summed E-state index contributed by atoms with van der Waals surface area (Å²) in [5, 5.41) is 8.34. The Morgan fingerprint density at radius 2 is 1.97 bits per heavy atom. The second-order valence-electron chi connectivity index (χ2n) is 6.57. The third kappa shape index (κ3) is 4.48. The number of aromatic nitrogens is 2. The van der Waals surface area contributed by atoms with E-state index < -0.39 is 12.0 Å². The Hall–Kier alpha value is -3.53. The highest BCUT2D eigenvalue weighted by molar-refractivity contribution is 7.99. The molecule has 160 valence electrons. The van der Waals surface area contributed by atoms with Crippen molar-refractivity contribution in [3.63, 3.8) is 0 Å². The van der Waals surface area contributed by atoms with Crippen LogP contribution < -0.4 is 20.1 Å². The van der Waals surface area contributed by atoms with E-state index in [0.29, 0.717) is 35.2 Å². The molecule has 0 saturated carbocycles. The zero-order valence-electron chi connectivity index (χ0n) is 16.7. The molecule has 0 radical (unpaired) electrons. The van der Waals surface area contributed by atoms with E-state index in [9.17, 15) is 9.59 Å². The predicted molar refractivity (Wildman–Crippen MR) is 114 cm³/mol. The smallest absolute Gasteiger partial charge is 0.277 e. The first kappa shape index (κ1) is 20.7. The minimum atomic E-state index is -0.908. The van der Waals surface area contributed by atoms with Crippen LogP contribution in [-0.2, 0) is 9.59 Å². The number of primary amides is 1. The van der Waals surface area contributed by atoms with Gasteiger partial charge in [0.1, 0.15) is 11.5 Å². The average molecular weight is 440 g/mol. The molecule has 0 spiro atoms. The van der Waals surface area contributed by atoms with Crippen molar-refractivity contribution in [3.8, 4) is 23.0 Å². The Morgan fingerprint density at radius 3 is 2.77 bits per heavy atom. The van der Waals surface area contributed by atoms with E-state index in [1.165, 1.54) is 4.90 Å². The fourth-order valence-corrected chi connectivity index (χ4v) is 3.76. The van der Waals surface area contributed by atoms with Gasteiger partial charge in [0.2, 0.25) is 5.91 Å². The molecule has 2 aromatic carbocycles. The zero-order valence-corrected chi connectivity index (χ0v) is 17.5. The maximum Gasteiger partial charge on any atom is 0.277 e. The van der Waals surface area contributed by atoms with E-state index in [2.05, 4.69) is 10.2 Å². The summed E-state index contributed by atoms with van der Waals surface area (Å²) >= 11 is 1.11. The standard InChI is InChI=1S/C21H20N4O5S/c1-2-28-15-9-5-3-7-13(15)20-23-24-21(30-20)31-12-18(26)25-11-17(19(22)27)29-16-10-6-4-8-14(16)25/h3-10,17H,2,11-12H2,1H3,(H2,22,27). The number of hydrogen-bond donors (Lipinski definition) is 1. The Kier molecular flexibility index (Phi) is 6.08. The minimum absolute atomic E-state index is 0.0363. The number of thioether (sulfide) groups is 1. The SMILES string of the molecule is CCOc1ccccc1-c1nnc(SCC(=O)N2CC(C(N)=O)Oc3ccccc32)o1. The number of nitrogens with two attached hydrogens (primary N) is 1. The van der Waals surface area contributed by atoms with Crippen molar-refractivity contribution in [1.82, 2.24) is 10.2 Å². The Morgan fingerprint density at radius 1 is 1.19 bits per heavy atom. The van der Waals surface area contributed by atoms with Crippen LogP contribution in [0.25, 0.3) is 11.5 Å². The van der Waals surface area contributed by atoms with Crippen molar-refractivity contribution >= 4 is 29.3 Å². The second kappa shape index (κ2) is 9.09. The molecule has 9 nitrogen and oxygen atoms in total. The van der Waals surface area contributed by atoms with E-state index in [4.69, 9.17) is 19.6 Å². The third-order valence-electron chi connectivity index (χ3n) is 4.53. The third-order valence-corrected chi connectivity index (χ3v) is 5.34. The number of hydrogen-bond acceptors (Lipinski definition) is 8. The summed E-state index contributed by atoms with van der Waals surface area (Å²) in [7, 11) is 0. The summed E-state index contributed by atoms with van der Waals surface area (Å²) in [6.07, 6.45) is -0.908. The van der Waals surface area contributed by atoms with Crippen LogP contribution in [0.5, 0.6) is 11.5 Å². The summed E-state index contributed by atoms with van der Waals surface area (Å²) < 4.78 is 16.9. The number of carbonyl (C=O) groups is 2. The molecule has 0 saturated heterocycles. The van der Waals surface area contributed by atoms with Crippen molar-refractivity contribution in [2.24, 2.45) is 5.73 Å². The zero-order chi connectivity index (χ0) is 21.8. The van der Waals surface area contributed by atoms with Crippen LogP contribution in [0, 0.1) is 0 Å². The molecular weight excluding hydrogens is 420 g/mol. The van der Waals surface area contributed by atoms with Crippen LogP contribution in [0.2, 0.25) is 0 Å². The maximum absolute atomic E-state index is 12.9. The first-order chi connectivity index (χ1) is 15.1. The number of ether oxygens (including phenoxy) is 2. The summed E-state index contributed by atoms with van der Waals surface area (Å²) in [5.41, 5.74) is 6.66. The molecule has 2 amide bonds. The van der Waals surface area contributed by atoms with Gasteiger partial charge in [0.05, 0.1) is 30.2 Å². The minimum Gasteiger partial charge on any atom is -0.493 e. The van der Waals surface area contributed by atoms with Gasteiger partial charge < -0.3 is 24.5 Å². The Labute approximate surface area is 182 Å². The average Bonchev–Trinajstić information content (AvgIpc) is 3.26. The van der Waals surface area contributed by atoms with Gasteiger partial charge in [-0.1, -0.05) is 36.0 Å². The van der Waals surface area contributed by atoms with Gasteiger partial charge in [-0.3, -0.25) is 9.59 Å². The molecule has 1 aliphatic heterocycles. The molecule has 4 rings (SSSR count). The van der Waals surface area contributed by atoms with Crippen molar-refractivity contribution in [1.29, 1.82) is 0 Å².